The van der Waals surface area contributed by atoms with E-state index in [-0.39, 0.29) is 12.4 Å². The molecule has 1 aromatic rings. The average molecular weight is 314 g/mol. The van der Waals surface area contributed by atoms with E-state index in [1.54, 1.807) is 12.1 Å². The Hall–Kier alpha value is -0.450. The highest BCUT2D eigenvalue weighted by Crippen LogP contribution is 2.35. The minimum atomic E-state index is -0.495. The predicted octanol–water partition coefficient (Wildman–Crippen LogP) is 3.31. The lowest BCUT2D eigenvalue weighted by Crippen LogP contribution is -2.12. The van der Waals surface area contributed by atoms with E-state index in [9.17, 15) is 4.79 Å². The second-order valence-corrected chi connectivity index (χ2v) is 4.29. The van der Waals surface area contributed by atoms with E-state index >= 15 is 0 Å². The number of esters is 1. The van der Waals surface area contributed by atoms with Crippen molar-refractivity contribution in [3.8, 4) is 5.75 Å². The standard InChI is InChI=1S/C9H7BrCl2O3/c1-14-8(13)4-15-9-6(11)2-5(10)3-7(9)12/h2-3H,4H2,1H3. The smallest absolute Gasteiger partial charge is 0.343 e. The van der Waals surface area contributed by atoms with Crippen molar-refractivity contribution in [1.29, 1.82) is 0 Å². The van der Waals surface area contributed by atoms with Crippen LogP contribution >= 0.6 is 39.1 Å². The van der Waals surface area contributed by atoms with Crippen LogP contribution in [-0.2, 0) is 9.53 Å². The normalized spacial score (nSPS) is 9.87. The molecule has 0 atom stereocenters. The number of carbonyl (C=O) groups is 1. The fourth-order valence-electron chi connectivity index (χ4n) is 0.857. The van der Waals surface area contributed by atoms with Crippen molar-refractivity contribution in [1.82, 2.24) is 0 Å². The third-order valence-electron chi connectivity index (χ3n) is 1.53. The van der Waals surface area contributed by atoms with E-state index in [0.717, 1.165) is 4.47 Å². The van der Waals surface area contributed by atoms with Crippen molar-refractivity contribution >= 4 is 45.1 Å². The summed E-state index contributed by atoms with van der Waals surface area (Å²) in [5.41, 5.74) is 0. The minimum absolute atomic E-state index is 0.225. The van der Waals surface area contributed by atoms with Crippen molar-refractivity contribution in [2.75, 3.05) is 13.7 Å². The van der Waals surface area contributed by atoms with Crippen LogP contribution in [0, 0.1) is 0 Å². The lowest BCUT2D eigenvalue weighted by Gasteiger charge is -2.08. The molecule has 0 radical (unpaired) electrons. The molecule has 1 aromatic carbocycles. The van der Waals surface area contributed by atoms with Gasteiger partial charge < -0.3 is 9.47 Å². The molecule has 0 bridgehead atoms. The summed E-state index contributed by atoms with van der Waals surface area (Å²) >= 11 is 15.0. The van der Waals surface area contributed by atoms with Gasteiger partial charge in [-0.1, -0.05) is 39.1 Å². The highest BCUT2D eigenvalue weighted by molar-refractivity contribution is 9.10. The van der Waals surface area contributed by atoms with Crippen LogP contribution in [0.1, 0.15) is 0 Å². The number of ether oxygens (including phenoxy) is 2. The van der Waals surface area contributed by atoms with Crippen molar-refractivity contribution in [3.05, 3.63) is 26.7 Å². The maximum Gasteiger partial charge on any atom is 0.343 e. The molecule has 0 fully saturated rings. The lowest BCUT2D eigenvalue weighted by molar-refractivity contribution is -0.142. The van der Waals surface area contributed by atoms with Gasteiger partial charge in [0.15, 0.2) is 12.4 Å². The van der Waals surface area contributed by atoms with E-state index in [1.807, 2.05) is 0 Å². The van der Waals surface area contributed by atoms with Gasteiger partial charge in [0, 0.05) is 4.47 Å². The van der Waals surface area contributed by atoms with Crippen LogP contribution < -0.4 is 4.74 Å². The fraction of sp³-hybridized carbons (Fsp3) is 0.222. The summed E-state index contributed by atoms with van der Waals surface area (Å²) < 4.78 is 10.3. The molecular formula is C9H7BrCl2O3. The Morgan fingerprint density at radius 1 is 1.40 bits per heavy atom. The number of rotatable bonds is 3. The summed E-state index contributed by atoms with van der Waals surface area (Å²) in [5.74, 6) is -0.225. The van der Waals surface area contributed by atoms with Gasteiger partial charge in [0.25, 0.3) is 0 Å². The third kappa shape index (κ3) is 3.55. The number of hydrogen-bond acceptors (Lipinski definition) is 3. The summed E-state index contributed by atoms with van der Waals surface area (Å²) in [5, 5.41) is 0.663. The zero-order valence-corrected chi connectivity index (χ0v) is 10.8. The zero-order valence-electron chi connectivity index (χ0n) is 7.72. The van der Waals surface area contributed by atoms with Gasteiger partial charge in [-0.05, 0) is 12.1 Å². The topological polar surface area (TPSA) is 35.5 Å². The Morgan fingerprint density at radius 3 is 2.40 bits per heavy atom. The van der Waals surface area contributed by atoms with Crippen molar-refractivity contribution in [2.45, 2.75) is 0 Å². The lowest BCUT2D eigenvalue weighted by atomic mass is 10.3. The molecule has 0 aliphatic heterocycles. The Morgan fingerprint density at radius 2 is 1.93 bits per heavy atom. The molecule has 3 nitrogen and oxygen atoms in total. The average Bonchev–Trinajstić information content (AvgIpc) is 2.15. The minimum Gasteiger partial charge on any atom is -0.479 e. The molecule has 0 saturated heterocycles. The first-order chi connectivity index (χ1) is 7.04. The van der Waals surface area contributed by atoms with Crippen LogP contribution in [0.3, 0.4) is 0 Å². The number of carbonyl (C=O) groups excluding carboxylic acids is 1. The Bertz CT molecular complexity index is 359. The molecule has 15 heavy (non-hydrogen) atoms. The molecule has 0 heterocycles. The first-order valence-electron chi connectivity index (χ1n) is 3.88. The highest BCUT2D eigenvalue weighted by Gasteiger charge is 2.10. The van der Waals surface area contributed by atoms with Crippen LogP contribution in [0.4, 0.5) is 0 Å². The van der Waals surface area contributed by atoms with Gasteiger partial charge in [-0.2, -0.15) is 0 Å². The van der Waals surface area contributed by atoms with Crippen LogP contribution in [0.5, 0.6) is 5.75 Å². The van der Waals surface area contributed by atoms with E-state index in [0.29, 0.717) is 10.0 Å². The molecule has 0 aromatic heterocycles. The van der Waals surface area contributed by atoms with Gasteiger partial charge in [0.1, 0.15) is 0 Å². The van der Waals surface area contributed by atoms with Gasteiger partial charge in [0.05, 0.1) is 17.2 Å². The third-order valence-corrected chi connectivity index (χ3v) is 2.54. The fourth-order valence-corrected chi connectivity index (χ4v) is 2.17. The molecular weight excluding hydrogens is 307 g/mol. The van der Waals surface area contributed by atoms with Crippen LogP contribution in [0.25, 0.3) is 0 Å². The molecule has 0 aliphatic rings. The van der Waals surface area contributed by atoms with Gasteiger partial charge in [-0.15, -0.1) is 0 Å². The van der Waals surface area contributed by atoms with Crippen LogP contribution in [0.2, 0.25) is 10.0 Å². The van der Waals surface area contributed by atoms with Crippen LogP contribution in [0.15, 0.2) is 16.6 Å². The highest BCUT2D eigenvalue weighted by atomic mass is 79.9. The van der Waals surface area contributed by atoms with Crippen LogP contribution in [-0.4, -0.2) is 19.7 Å². The SMILES string of the molecule is COC(=O)COc1c(Cl)cc(Br)cc1Cl. The quantitative estimate of drug-likeness (QED) is 0.803. The largest absolute Gasteiger partial charge is 0.479 e. The molecule has 6 heteroatoms. The van der Waals surface area contributed by atoms with Crippen molar-refractivity contribution < 1.29 is 14.3 Å². The zero-order chi connectivity index (χ0) is 11.4. The number of hydrogen-bond donors (Lipinski definition) is 0. The first-order valence-corrected chi connectivity index (χ1v) is 5.43. The first kappa shape index (κ1) is 12.6. The second-order valence-electron chi connectivity index (χ2n) is 2.56. The summed E-state index contributed by atoms with van der Waals surface area (Å²) in [7, 11) is 1.27. The maximum absolute atomic E-state index is 10.8. The Labute approximate surface area is 105 Å². The number of methoxy groups -OCH3 is 1. The second kappa shape index (κ2) is 5.58. The summed E-state index contributed by atoms with van der Waals surface area (Å²) in [6.45, 7) is -0.225. The maximum atomic E-state index is 10.8. The molecule has 0 aliphatic carbocycles. The predicted molar refractivity (Wildman–Crippen MR) is 61.7 cm³/mol. The molecule has 1 rings (SSSR count). The summed E-state index contributed by atoms with van der Waals surface area (Å²) in [4.78, 5) is 10.8. The summed E-state index contributed by atoms with van der Waals surface area (Å²) in [6.07, 6.45) is 0. The molecule has 0 N–H and O–H groups in total. The number of halogens is 3. The van der Waals surface area contributed by atoms with E-state index in [4.69, 9.17) is 27.9 Å². The van der Waals surface area contributed by atoms with Crippen molar-refractivity contribution in [2.24, 2.45) is 0 Å². The van der Waals surface area contributed by atoms with Crippen molar-refractivity contribution in [3.63, 3.8) is 0 Å². The molecule has 0 saturated carbocycles. The number of benzene rings is 1. The molecule has 0 unspecified atom stereocenters. The van der Waals surface area contributed by atoms with E-state index in [2.05, 4.69) is 20.7 Å². The summed E-state index contributed by atoms with van der Waals surface area (Å²) in [6, 6.07) is 3.25. The monoisotopic (exact) mass is 312 g/mol. The Kier molecular flexibility index (Phi) is 4.70. The molecule has 0 amide bonds. The van der Waals surface area contributed by atoms with E-state index in [1.165, 1.54) is 7.11 Å². The Balaban J connectivity index is 2.81. The molecule has 82 valence electrons. The van der Waals surface area contributed by atoms with Gasteiger partial charge >= 0.3 is 5.97 Å². The van der Waals surface area contributed by atoms with E-state index < -0.39 is 5.97 Å². The van der Waals surface area contributed by atoms with Gasteiger partial charge in [-0.3, -0.25) is 0 Å². The molecule has 0 spiro atoms. The van der Waals surface area contributed by atoms with Gasteiger partial charge in [0.2, 0.25) is 0 Å². The van der Waals surface area contributed by atoms with Gasteiger partial charge in [-0.25, -0.2) is 4.79 Å².